The van der Waals surface area contributed by atoms with Crippen molar-refractivity contribution < 1.29 is 14.4 Å². The summed E-state index contributed by atoms with van der Waals surface area (Å²) in [5, 5.41) is 0. The van der Waals surface area contributed by atoms with Gasteiger partial charge in [0.25, 0.3) is 0 Å². The Labute approximate surface area is 134 Å². The number of methoxy groups -OCH3 is 1. The van der Waals surface area contributed by atoms with Gasteiger partial charge in [0.15, 0.2) is 11.5 Å². The van der Waals surface area contributed by atoms with Gasteiger partial charge in [0.1, 0.15) is 0 Å². The summed E-state index contributed by atoms with van der Waals surface area (Å²) in [7, 11) is 1.70. The van der Waals surface area contributed by atoms with Gasteiger partial charge in [0, 0.05) is 6.42 Å². The van der Waals surface area contributed by atoms with E-state index in [2.05, 4.69) is 12.6 Å². The number of allylic oxidation sites excluding steroid dienone is 1. The molecule has 0 amide bonds. The summed E-state index contributed by atoms with van der Waals surface area (Å²) in [5.74, 6) is 1.67. The molecule has 0 saturated carbocycles. The van der Waals surface area contributed by atoms with E-state index in [-0.39, 0.29) is 0 Å². The highest BCUT2D eigenvalue weighted by molar-refractivity contribution is 5.43. The number of likely N-dealkylation sites (tertiary alicyclic amines) is 1. The molecule has 0 aliphatic carbocycles. The van der Waals surface area contributed by atoms with E-state index in [9.17, 15) is 0 Å². The van der Waals surface area contributed by atoms with Gasteiger partial charge in [0.05, 0.1) is 33.4 Å². The molecule has 0 radical (unpaired) electrons. The van der Waals surface area contributed by atoms with Crippen molar-refractivity contribution >= 4 is 0 Å². The molecule has 1 aliphatic rings. The van der Waals surface area contributed by atoms with Crippen LogP contribution in [0.2, 0.25) is 0 Å². The quantitative estimate of drug-likeness (QED) is 0.589. The molecule has 1 aromatic rings. The Balaban J connectivity index is 1.77. The topological polar surface area (TPSA) is 22.9 Å². The lowest BCUT2D eigenvalue weighted by Crippen LogP contribution is -3.11. The maximum atomic E-state index is 5.92. The van der Waals surface area contributed by atoms with Gasteiger partial charge < -0.3 is 14.4 Å². The minimum Gasteiger partial charge on any atom is -0.493 e. The molecule has 0 aromatic heterocycles. The second-order valence-electron chi connectivity index (χ2n) is 6.09. The smallest absolute Gasteiger partial charge is 0.161 e. The molecule has 22 heavy (non-hydrogen) atoms. The summed E-state index contributed by atoms with van der Waals surface area (Å²) in [6.45, 7) is 8.42. The van der Waals surface area contributed by atoms with Crippen LogP contribution in [0, 0.1) is 0 Å². The van der Waals surface area contributed by atoms with Crippen LogP contribution >= 0.6 is 0 Å². The van der Waals surface area contributed by atoms with Crippen LogP contribution in [0.15, 0.2) is 30.9 Å². The second-order valence-corrected chi connectivity index (χ2v) is 6.09. The molecule has 0 bridgehead atoms. The van der Waals surface area contributed by atoms with Gasteiger partial charge in [-0.25, -0.2) is 0 Å². The molecule has 0 spiro atoms. The first-order valence-electron chi connectivity index (χ1n) is 8.57. The zero-order valence-corrected chi connectivity index (χ0v) is 13.9. The van der Waals surface area contributed by atoms with Crippen molar-refractivity contribution in [2.24, 2.45) is 0 Å². The van der Waals surface area contributed by atoms with Crippen LogP contribution in [0.25, 0.3) is 0 Å². The molecule has 0 atom stereocenters. The summed E-state index contributed by atoms with van der Waals surface area (Å²) in [4.78, 5) is 1.74. The van der Waals surface area contributed by atoms with Gasteiger partial charge in [-0.05, 0) is 49.8 Å². The molecule has 1 N–H and O–H groups in total. The third-order valence-electron chi connectivity index (χ3n) is 4.35. The van der Waals surface area contributed by atoms with Crippen LogP contribution in [0.3, 0.4) is 0 Å². The fourth-order valence-electron chi connectivity index (χ4n) is 3.11. The molecule has 1 aliphatic heterocycles. The van der Waals surface area contributed by atoms with E-state index in [1.54, 1.807) is 12.0 Å². The SMILES string of the molecule is C=CCc1ccc(OCCC[NH+]2CCCCCC2)c(OC)c1. The lowest BCUT2D eigenvalue weighted by Gasteiger charge is -2.17. The van der Waals surface area contributed by atoms with Crippen molar-refractivity contribution in [1.82, 2.24) is 0 Å². The molecular formula is C19H30NO2+. The van der Waals surface area contributed by atoms with Gasteiger partial charge >= 0.3 is 0 Å². The Kier molecular flexibility index (Phi) is 7.31. The zero-order valence-electron chi connectivity index (χ0n) is 13.9. The van der Waals surface area contributed by atoms with Crippen molar-refractivity contribution in [3.05, 3.63) is 36.4 Å². The van der Waals surface area contributed by atoms with E-state index in [0.717, 1.165) is 30.9 Å². The number of ether oxygens (including phenoxy) is 2. The number of quaternary nitrogens is 1. The minimum absolute atomic E-state index is 0.765. The minimum atomic E-state index is 0.765. The van der Waals surface area contributed by atoms with E-state index in [1.165, 1.54) is 50.9 Å². The Morgan fingerprint density at radius 2 is 1.91 bits per heavy atom. The fourth-order valence-corrected chi connectivity index (χ4v) is 3.11. The highest BCUT2D eigenvalue weighted by Gasteiger charge is 2.12. The first kappa shape index (κ1) is 16.9. The predicted molar refractivity (Wildman–Crippen MR) is 91.0 cm³/mol. The van der Waals surface area contributed by atoms with Crippen molar-refractivity contribution in [1.29, 1.82) is 0 Å². The molecule has 3 nitrogen and oxygen atoms in total. The maximum absolute atomic E-state index is 5.92. The predicted octanol–water partition coefficient (Wildman–Crippen LogP) is 2.65. The lowest BCUT2D eigenvalue weighted by molar-refractivity contribution is -0.899. The van der Waals surface area contributed by atoms with Crippen LogP contribution in [0.5, 0.6) is 11.5 Å². The molecule has 122 valence electrons. The normalized spacial score (nSPS) is 16.0. The molecule has 1 saturated heterocycles. The first-order valence-corrected chi connectivity index (χ1v) is 8.57. The van der Waals surface area contributed by atoms with E-state index in [4.69, 9.17) is 9.47 Å². The number of hydrogen-bond acceptors (Lipinski definition) is 2. The monoisotopic (exact) mass is 304 g/mol. The molecule has 3 heteroatoms. The number of rotatable bonds is 8. The Morgan fingerprint density at radius 1 is 1.14 bits per heavy atom. The van der Waals surface area contributed by atoms with Crippen LogP contribution in [-0.2, 0) is 6.42 Å². The molecular weight excluding hydrogens is 274 g/mol. The third-order valence-corrected chi connectivity index (χ3v) is 4.35. The van der Waals surface area contributed by atoms with Gasteiger partial charge in [-0.15, -0.1) is 6.58 Å². The highest BCUT2D eigenvalue weighted by atomic mass is 16.5. The van der Waals surface area contributed by atoms with Crippen LogP contribution in [-0.4, -0.2) is 33.4 Å². The molecule has 2 rings (SSSR count). The molecule has 1 heterocycles. The Bertz CT molecular complexity index is 451. The van der Waals surface area contributed by atoms with E-state index in [0.29, 0.717) is 0 Å². The van der Waals surface area contributed by atoms with Crippen molar-refractivity contribution in [3.63, 3.8) is 0 Å². The first-order chi connectivity index (χ1) is 10.8. The number of benzene rings is 1. The Morgan fingerprint density at radius 3 is 2.59 bits per heavy atom. The van der Waals surface area contributed by atoms with E-state index in [1.807, 2.05) is 18.2 Å². The van der Waals surface area contributed by atoms with Gasteiger partial charge in [-0.2, -0.15) is 0 Å². The van der Waals surface area contributed by atoms with Gasteiger partial charge in [-0.3, -0.25) is 0 Å². The largest absolute Gasteiger partial charge is 0.493 e. The highest BCUT2D eigenvalue weighted by Crippen LogP contribution is 2.28. The fraction of sp³-hybridized carbons (Fsp3) is 0.579. The third kappa shape index (κ3) is 5.38. The van der Waals surface area contributed by atoms with Crippen molar-refractivity contribution in [3.8, 4) is 11.5 Å². The Hall–Kier alpha value is -1.48. The summed E-state index contributed by atoms with van der Waals surface area (Å²) < 4.78 is 11.4. The summed E-state index contributed by atoms with van der Waals surface area (Å²) in [6.07, 6.45) is 9.45. The van der Waals surface area contributed by atoms with Crippen LogP contribution < -0.4 is 14.4 Å². The van der Waals surface area contributed by atoms with Crippen molar-refractivity contribution in [2.45, 2.75) is 38.5 Å². The second kappa shape index (κ2) is 9.52. The lowest BCUT2D eigenvalue weighted by atomic mass is 10.1. The molecule has 1 aromatic carbocycles. The van der Waals surface area contributed by atoms with Crippen LogP contribution in [0.4, 0.5) is 0 Å². The summed E-state index contributed by atoms with van der Waals surface area (Å²) >= 11 is 0. The zero-order chi connectivity index (χ0) is 15.6. The number of hydrogen-bond donors (Lipinski definition) is 1. The van der Waals surface area contributed by atoms with E-state index < -0.39 is 0 Å². The average Bonchev–Trinajstić information content (AvgIpc) is 2.81. The van der Waals surface area contributed by atoms with E-state index >= 15 is 0 Å². The van der Waals surface area contributed by atoms with Crippen LogP contribution in [0.1, 0.15) is 37.7 Å². The molecule has 1 fully saturated rings. The average molecular weight is 304 g/mol. The molecule has 0 unspecified atom stereocenters. The number of nitrogens with one attached hydrogen (secondary N) is 1. The van der Waals surface area contributed by atoms with Gasteiger partial charge in [0.2, 0.25) is 0 Å². The summed E-state index contributed by atoms with van der Waals surface area (Å²) in [5.41, 5.74) is 1.20. The summed E-state index contributed by atoms with van der Waals surface area (Å²) in [6, 6.07) is 6.13. The van der Waals surface area contributed by atoms with Crippen molar-refractivity contribution in [2.75, 3.05) is 33.4 Å². The van der Waals surface area contributed by atoms with Gasteiger partial charge in [-0.1, -0.05) is 12.1 Å². The maximum Gasteiger partial charge on any atom is 0.161 e. The standard InChI is InChI=1S/C19H29NO2/c1-3-9-17-10-11-18(19(16-17)21-2)22-15-8-14-20-12-6-4-5-7-13-20/h3,10-11,16H,1,4-9,12-15H2,2H3/p+1.